The van der Waals surface area contributed by atoms with Crippen LogP contribution in [-0.4, -0.2) is 29.5 Å². The molecule has 0 radical (unpaired) electrons. The van der Waals surface area contributed by atoms with Crippen molar-refractivity contribution in [2.24, 2.45) is 18.4 Å². The smallest absolute Gasteiger partial charge is 0.0901 e. The molecule has 1 aromatic heterocycles. The normalized spacial score (nSPS) is 21.6. The van der Waals surface area contributed by atoms with Crippen LogP contribution < -0.4 is 5.32 Å². The number of nitrogens with one attached hydrogen (secondary N) is 1. The van der Waals surface area contributed by atoms with Crippen LogP contribution in [0.4, 0.5) is 0 Å². The third kappa shape index (κ3) is 4.33. The van der Waals surface area contributed by atoms with E-state index in [1.165, 1.54) is 11.3 Å². The first-order valence-corrected chi connectivity index (χ1v) is 8.55. The highest BCUT2D eigenvalue weighted by Crippen LogP contribution is 2.37. The molecular formula is C18H30N4O. The van der Waals surface area contributed by atoms with E-state index >= 15 is 0 Å². The molecule has 1 aliphatic heterocycles. The molecule has 2 atom stereocenters. The molecule has 5 nitrogen and oxygen atoms in total. The largest absolute Gasteiger partial charge is 0.373 e. The first kappa shape index (κ1) is 18.0. The molecule has 0 amide bonds. The van der Waals surface area contributed by atoms with Gasteiger partial charge in [-0.3, -0.25) is 4.68 Å². The molecular weight excluding hydrogens is 288 g/mol. The van der Waals surface area contributed by atoms with E-state index in [4.69, 9.17) is 10.00 Å². The number of nitriles is 1. The fourth-order valence-corrected chi connectivity index (χ4v) is 3.44. The molecule has 0 aromatic carbocycles. The summed E-state index contributed by atoms with van der Waals surface area (Å²) < 4.78 is 7.98. The van der Waals surface area contributed by atoms with Gasteiger partial charge in [-0.2, -0.15) is 10.4 Å². The van der Waals surface area contributed by atoms with E-state index in [0.717, 1.165) is 38.2 Å². The van der Waals surface area contributed by atoms with E-state index < -0.39 is 0 Å². The van der Waals surface area contributed by atoms with Crippen LogP contribution in [0.25, 0.3) is 0 Å². The van der Waals surface area contributed by atoms with Crippen molar-refractivity contribution in [1.29, 1.82) is 5.26 Å². The van der Waals surface area contributed by atoms with Crippen LogP contribution in [0.2, 0.25) is 0 Å². The van der Waals surface area contributed by atoms with Crippen LogP contribution in [0.3, 0.4) is 0 Å². The fourth-order valence-electron chi connectivity index (χ4n) is 3.44. The predicted octanol–water partition coefficient (Wildman–Crippen LogP) is 3.03. The van der Waals surface area contributed by atoms with Crippen LogP contribution in [0.15, 0.2) is 0 Å². The van der Waals surface area contributed by atoms with Crippen molar-refractivity contribution in [1.82, 2.24) is 15.1 Å². The van der Waals surface area contributed by atoms with E-state index in [9.17, 15) is 0 Å². The Labute approximate surface area is 140 Å². The van der Waals surface area contributed by atoms with Crippen molar-refractivity contribution in [3.05, 3.63) is 17.0 Å². The summed E-state index contributed by atoms with van der Waals surface area (Å²) >= 11 is 0. The zero-order valence-corrected chi connectivity index (χ0v) is 15.1. The molecule has 0 aliphatic carbocycles. The Balaban J connectivity index is 1.94. The summed E-state index contributed by atoms with van der Waals surface area (Å²) in [4.78, 5) is 0. The Hall–Kier alpha value is -1.38. The van der Waals surface area contributed by atoms with Gasteiger partial charge in [0.15, 0.2) is 0 Å². The number of aryl methyl sites for hydroxylation is 2. The zero-order valence-electron chi connectivity index (χ0n) is 15.1. The first-order valence-electron chi connectivity index (χ1n) is 8.55. The Morgan fingerprint density at radius 3 is 2.78 bits per heavy atom. The minimum atomic E-state index is 0.151. The van der Waals surface area contributed by atoms with Gasteiger partial charge in [0.25, 0.3) is 0 Å². The summed E-state index contributed by atoms with van der Waals surface area (Å²) in [6.07, 6.45) is 2.79. The highest BCUT2D eigenvalue weighted by Gasteiger charge is 2.33. The summed E-state index contributed by atoms with van der Waals surface area (Å²) in [6, 6.07) is 2.24. The van der Waals surface area contributed by atoms with Crippen molar-refractivity contribution < 1.29 is 4.74 Å². The van der Waals surface area contributed by atoms with Crippen LogP contribution in [0.1, 0.15) is 56.2 Å². The molecule has 1 aliphatic rings. The summed E-state index contributed by atoms with van der Waals surface area (Å²) in [5, 5.41) is 16.9. The van der Waals surface area contributed by atoms with Gasteiger partial charge in [-0.25, -0.2) is 0 Å². The van der Waals surface area contributed by atoms with Crippen molar-refractivity contribution in [2.45, 2.75) is 53.1 Å². The Morgan fingerprint density at radius 1 is 1.43 bits per heavy atom. The maximum Gasteiger partial charge on any atom is 0.0901 e. The van der Waals surface area contributed by atoms with Gasteiger partial charge in [0.2, 0.25) is 0 Å². The average molecular weight is 318 g/mol. The van der Waals surface area contributed by atoms with Crippen molar-refractivity contribution in [2.75, 3.05) is 19.7 Å². The number of ether oxygens (including phenoxy) is 1. The maximum absolute atomic E-state index is 8.75. The number of hydrogen-bond donors (Lipinski definition) is 1. The molecule has 1 aromatic rings. The number of nitrogens with zero attached hydrogens (tertiary/aromatic N) is 3. The molecule has 0 bridgehead atoms. The second-order valence-corrected chi connectivity index (χ2v) is 7.50. The fraction of sp³-hybridized carbons (Fsp3) is 0.778. The lowest BCUT2D eigenvalue weighted by molar-refractivity contribution is 0.0887. The van der Waals surface area contributed by atoms with Gasteiger partial charge < -0.3 is 10.1 Å². The van der Waals surface area contributed by atoms with Crippen LogP contribution in [0, 0.1) is 36.5 Å². The van der Waals surface area contributed by atoms with Gasteiger partial charge in [-0.1, -0.05) is 13.8 Å². The SMILES string of the molecule is Cc1nn(C)c(C)c1[C@@H]1OCC[C@@H]1CNCC(C)(C)CCC#N. The predicted molar refractivity (Wildman–Crippen MR) is 91.0 cm³/mol. The second kappa shape index (κ2) is 7.46. The molecule has 0 saturated carbocycles. The van der Waals surface area contributed by atoms with Gasteiger partial charge in [0.1, 0.15) is 0 Å². The molecule has 1 N–H and O–H groups in total. The Morgan fingerprint density at radius 2 is 2.17 bits per heavy atom. The molecule has 5 heteroatoms. The summed E-state index contributed by atoms with van der Waals surface area (Å²) in [5.74, 6) is 0.489. The van der Waals surface area contributed by atoms with Gasteiger partial charge in [-0.15, -0.1) is 0 Å². The van der Waals surface area contributed by atoms with Crippen LogP contribution in [0.5, 0.6) is 0 Å². The zero-order chi connectivity index (χ0) is 17.0. The average Bonchev–Trinajstić information content (AvgIpc) is 3.02. The van der Waals surface area contributed by atoms with Crippen LogP contribution in [-0.2, 0) is 11.8 Å². The highest BCUT2D eigenvalue weighted by atomic mass is 16.5. The van der Waals surface area contributed by atoms with E-state index in [0.29, 0.717) is 12.3 Å². The third-order valence-corrected chi connectivity index (χ3v) is 4.99. The van der Waals surface area contributed by atoms with E-state index in [1.54, 1.807) is 0 Å². The van der Waals surface area contributed by atoms with E-state index in [1.807, 2.05) is 11.7 Å². The lowest BCUT2D eigenvalue weighted by Gasteiger charge is -2.26. The molecule has 0 unspecified atom stereocenters. The van der Waals surface area contributed by atoms with Gasteiger partial charge >= 0.3 is 0 Å². The summed E-state index contributed by atoms with van der Waals surface area (Å²) in [7, 11) is 1.99. The summed E-state index contributed by atoms with van der Waals surface area (Å²) in [6.45, 7) is 11.3. The monoisotopic (exact) mass is 318 g/mol. The third-order valence-electron chi connectivity index (χ3n) is 4.99. The molecule has 23 heavy (non-hydrogen) atoms. The van der Waals surface area contributed by atoms with E-state index in [-0.39, 0.29) is 11.5 Å². The lowest BCUT2D eigenvalue weighted by Crippen LogP contribution is -2.33. The lowest BCUT2D eigenvalue weighted by atomic mass is 9.87. The van der Waals surface area contributed by atoms with Gasteiger partial charge in [-0.05, 0) is 32.1 Å². The molecule has 0 spiro atoms. The molecule has 1 saturated heterocycles. The van der Waals surface area contributed by atoms with Crippen molar-refractivity contribution >= 4 is 0 Å². The molecule has 2 rings (SSSR count). The minimum Gasteiger partial charge on any atom is -0.373 e. The molecule has 2 heterocycles. The number of rotatable bonds is 7. The Bertz CT molecular complexity index is 570. The topological polar surface area (TPSA) is 62.9 Å². The van der Waals surface area contributed by atoms with Crippen LogP contribution >= 0.6 is 0 Å². The molecule has 128 valence electrons. The second-order valence-electron chi connectivity index (χ2n) is 7.50. The standard InChI is InChI=1S/C18H30N4O/c1-13-16(14(2)22(5)21-13)17-15(7-10-23-17)11-20-12-18(3,4)8-6-9-19/h15,17,20H,6-8,10-12H2,1-5H3/t15-,17-/m1/s1. The number of aromatic nitrogens is 2. The quantitative estimate of drug-likeness (QED) is 0.839. The number of hydrogen-bond acceptors (Lipinski definition) is 4. The van der Waals surface area contributed by atoms with Crippen molar-refractivity contribution in [3.8, 4) is 6.07 Å². The maximum atomic E-state index is 8.75. The first-order chi connectivity index (χ1) is 10.9. The Kier molecular flexibility index (Phi) is 5.83. The molecule has 1 fully saturated rings. The van der Waals surface area contributed by atoms with Gasteiger partial charge in [0.05, 0.1) is 17.9 Å². The van der Waals surface area contributed by atoms with Crippen molar-refractivity contribution in [3.63, 3.8) is 0 Å². The summed E-state index contributed by atoms with van der Waals surface area (Å²) in [5.41, 5.74) is 3.70. The van der Waals surface area contributed by atoms with E-state index in [2.05, 4.69) is 44.2 Å². The minimum absolute atomic E-state index is 0.151. The van der Waals surface area contributed by atoms with Gasteiger partial charge in [0, 0.05) is 50.3 Å². The highest BCUT2D eigenvalue weighted by molar-refractivity contribution is 5.28.